The van der Waals surface area contributed by atoms with Crippen molar-refractivity contribution < 1.29 is 44.3 Å². The fraction of sp³-hybridized carbons (Fsp3) is 0.241. The van der Waals surface area contributed by atoms with Crippen LogP contribution in [-0.2, 0) is 28.9 Å². The number of hydrogen-bond donors (Lipinski definition) is 3. The van der Waals surface area contributed by atoms with Crippen molar-refractivity contribution in [2.75, 3.05) is 5.32 Å². The Labute approximate surface area is 279 Å². The number of nitrogens with one attached hydrogen (secondary N) is 3. The predicted molar refractivity (Wildman–Crippen MR) is 164 cm³/mol. The molecular weight excluding hydrogens is 713 g/mol. The van der Waals surface area contributed by atoms with Crippen LogP contribution in [0.3, 0.4) is 0 Å². The Bertz CT molecular complexity index is 1970. The number of anilines is 1. The van der Waals surface area contributed by atoms with Crippen molar-refractivity contribution in [3.63, 3.8) is 0 Å². The van der Waals surface area contributed by atoms with Gasteiger partial charge in [0.1, 0.15) is 5.69 Å². The lowest BCUT2D eigenvalue weighted by Gasteiger charge is -2.16. The first-order chi connectivity index (χ1) is 22.2. The summed E-state index contributed by atoms with van der Waals surface area (Å²) in [7, 11) is -5.00. The normalized spacial score (nSPS) is 12.3. The third-order valence-corrected chi connectivity index (χ3v) is 8.34. The number of carbonyl (C=O) groups is 2. The molecule has 0 spiro atoms. The number of pyridine rings is 1. The number of nitrogens with zero attached hydrogens (tertiary/aromatic N) is 3. The standard InChI is InChI=1S/C29H24Cl2F6N6O4S/c1-14(2)40-26(44)21-11-18(30)7-15(3)24(21)41-27(45)23-12-19(42-43(23)25-22(31)5-4-6-38-25)13-39-48(46,47)20-9-16(28(32,33)34)8-17(10-20)29(35,36)37/h4-12,14,39H,13H2,1-3H3,(H,40,44)(H,41,45). The van der Waals surface area contributed by atoms with Gasteiger partial charge in [-0.15, -0.1) is 0 Å². The molecule has 0 aliphatic carbocycles. The van der Waals surface area contributed by atoms with Crippen LogP contribution >= 0.6 is 23.2 Å². The molecule has 0 aliphatic heterocycles. The molecule has 0 bridgehead atoms. The van der Waals surface area contributed by atoms with Gasteiger partial charge in [-0.2, -0.15) is 31.4 Å². The van der Waals surface area contributed by atoms with E-state index in [2.05, 4.69) is 20.7 Å². The van der Waals surface area contributed by atoms with Crippen LogP contribution in [0.1, 0.15) is 57.1 Å². The molecule has 2 aromatic heterocycles. The number of halogens is 8. The van der Waals surface area contributed by atoms with Crippen molar-refractivity contribution in [2.24, 2.45) is 0 Å². The molecule has 0 radical (unpaired) electrons. The Morgan fingerprint density at radius 3 is 2.12 bits per heavy atom. The lowest BCUT2D eigenvalue weighted by molar-refractivity contribution is -0.143. The van der Waals surface area contributed by atoms with Crippen LogP contribution in [0.15, 0.2) is 59.6 Å². The Morgan fingerprint density at radius 1 is 0.938 bits per heavy atom. The average Bonchev–Trinajstić information content (AvgIpc) is 3.40. The molecule has 0 aliphatic rings. The fourth-order valence-corrected chi connectivity index (χ4v) is 5.86. The summed E-state index contributed by atoms with van der Waals surface area (Å²) in [4.78, 5) is 29.4. The Kier molecular flexibility index (Phi) is 10.5. The minimum atomic E-state index is -5.29. The fourth-order valence-electron chi connectivity index (χ4n) is 4.31. The Hall–Kier alpha value is -4.19. The number of aryl methyl sites for hydroxylation is 1. The highest BCUT2D eigenvalue weighted by Crippen LogP contribution is 2.37. The molecule has 2 heterocycles. The first-order valence-electron chi connectivity index (χ1n) is 13.6. The van der Waals surface area contributed by atoms with Crippen molar-refractivity contribution in [2.45, 2.75) is 50.6 Å². The van der Waals surface area contributed by atoms with E-state index < -0.39 is 56.8 Å². The maximum absolute atomic E-state index is 13.7. The highest BCUT2D eigenvalue weighted by molar-refractivity contribution is 7.89. The first-order valence-corrected chi connectivity index (χ1v) is 15.8. The molecule has 0 unspecified atom stereocenters. The minimum Gasteiger partial charge on any atom is -0.350 e. The van der Waals surface area contributed by atoms with Crippen LogP contribution in [0.25, 0.3) is 5.82 Å². The zero-order valence-corrected chi connectivity index (χ0v) is 27.2. The van der Waals surface area contributed by atoms with Gasteiger partial charge in [0.05, 0.1) is 44.5 Å². The van der Waals surface area contributed by atoms with Gasteiger partial charge in [0.15, 0.2) is 5.82 Å². The molecule has 48 heavy (non-hydrogen) atoms. The Morgan fingerprint density at radius 2 is 1.56 bits per heavy atom. The molecule has 0 saturated carbocycles. The van der Waals surface area contributed by atoms with Crippen molar-refractivity contribution in [3.8, 4) is 5.82 Å². The van der Waals surface area contributed by atoms with Gasteiger partial charge in [-0.1, -0.05) is 23.2 Å². The van der Waals surface area contributed by atoms with Crippen molar-refractivity contribution in [1.29, 1.82) is 0 Å². The molecule has 19 heteroatoms. The predicted octanol–water partition coefficient (Wildman–Crippen LogP) is 6.79. The van der Waals surface area contributed by atoms with E-state index in [0.717, 1.165) is 10.7 Å². The Balaban J connectivity index is 1.73. The number of hydrogen-bond acceptors (Lipinski definition) is 6. The van der Waals surface area contributed by atoms with Crippen LogP contribution < -0.4 is 15.4 Å². The van der Waals surface area contributed by atoms with E-state index in [1.807, 2.05) is 4.72 Å². The third-order valence-electron chi connectivity index (χ3n) is 6.45. The van der Waals surface area contributed by atoms with Gasteiger partial charge in [-0.3, -0.25) is 9.59 Å². The topological polar surface area (TPSA) is 135 Å². The van der Waals surface area contributed by atoms with E-state index >= 15 is 0 Å². The second-order valence-electron chi connectivity index (χ2n) is 10.5. The van der Waals surface area contributed by atoms with Gasteiger partial charge in [0.2, 0.25) is 10.0 Å². The molecule has 10 nitrogen and oxygen atoms in total. The molecule has 2 aromatic carbocycles. The van der Waals surface area contributed by atoms with Crippen molar-refractivity contribution >= 4 is 50.7 Å². The SMILES string of the molecule is Cc1cc(Cl)cc(C(=O)NC(C)C)c1NC(=O)c1cc(CNS(=O)(=O)c2cc(C(F)(F)F)cc(C(F)(F)F)c2)nn1-c1ncccc1Cl. The van der Waals surface area contributed by atoms with E-state index in [-0.39, 0.29) is 62.7 Å². The number of rotatable bonds is 9. The van der Waals surface area contributed by atoms with Gasteiger partial charge < -0.3 is 10.6 Å². The second kappa shape index (κ2) is 13.7. The highest BCUT2D eigenvalue weighted by Gasteiger charge is 2.38. The zero-order valence-electron chi connectivity index (χ0n) is 24.9. The lowest BCUT2D eigenvalue weighted by Crippen LogP contribution is -2.31. The van der Waals surface area contributed by atoms with Crippen LogP contribution in [0.2, 0.25) is 10.0 Å². The van der Waals surface area contributed by atoms with E-state index in [1.54, 1.807) is 20.8 Å². The molecule has 0 saturated heterocycles. The number of benzene rings is 2. The molecule has 0 fully saturated rings. The van der Waals surface area contributed by atoms with Crippen molar-refractivity contribution in [3.05, 3.63) is 98.4 Å². The summed E-state index contributed by atoms with van der Waals surface area (Å²) in [5.41, 5.74) is -3.65. The van der Waals surface area contributed by atoms with Gasteiger partial charge in [0.25, 0.3) is 11.8 Å². The molecule has 0 atom stereocenters. The lowest BCUT2D eigenvalue weighted by atomic mass is 10.1. The van der Waals surface area contributed by atoms with Gasteiger partial charge in [0, 0.05) is 17.3 Å². The molecule has 3 N–H and O–H groups in total. The van der Waals surface area contributed by atoms with Crippen molar-refractivity contribution in [1.82, 2.24) is 24.8 Å². The summed E-state index contributed by atoms with van der Waals surface area (Å²) in [6.07, 6.45) is -9.25. The van der Waals surface area contributed by atoms with E-state index in [0.29, 0.717) is 5.56 Å². The summed E-state index contributed by atoms with van der Waals surface area (Å²) in [6, 6.07) is 6.47. The first kappa shape index (κ1) is 36.6. The van der Waals surface area contributed by atoms with E-state index in [1.165, 1.54) is 30.5 Å². The third kappa shape index (κ3) is 8.44. The molecular formula is C29H24Cl2F6N6O4S. The molecule has 4 rings (SSSR count). The summed E-state index contributed by atoms with van der Waals surface area (Å²) in [5, 5.41) is 9.70. The number of amides is 2. The summed E-state index contributed by atoms with van der Waals surface area (Å²) in [6.45, 7) is 4.24. The van der Waals surface area contributed by atoms with Gasteiger partial charge in [-0.25, -0.2) is 22.8 Å². The van der Waals surface area contributed by atoms with E-state index in [4.69, 9.17) is 23.2 Å². The maximum atomic E-state index is 13.7. The summed E-state index contributed by atoms with van der Waals surface area (Å²) in [5.74, 6) is -1.52. The minimum absolute atomic E-state index is 0.00472. The average molecular weight is 738 g/mol. The van der Waals surface area contributed by atoms with Crippen LogP contribution in [0, 0.1) is 6.92 Å². The monoisotopic (exact) mass is 736 g/mol. The summed E-state index contributed by atoms with van der Waals surface area (Å²) >= 11 is 12.4. The van der Waals surface area contributed by atoms with Crippen LogP contribution in [0.5, 0.6) is 0 Å². The summed E-state index contributed by atoms with van der Waals surface area (Å²) < 4.78 is 109. The van der Waals surface area contributed by atoms with Crippen LogP contribution in [0.4, 0.5) is 32.0 Å². The highest BCUT2D eigenvalue weighted by atomic mass is 35.5. The van der Waals surface area contributed by atoms with Gasteiger partial charge in [-0.05, 0) is 74.9 Å². The zero-order chi connectivity index (χ0) is 35.8. The number of alkyl halides is 6. The second-order valence-corrected chi connectivity index (χ2v) is 13.1. The molecule has 2 amide bonds. The largest absolute Gasteiger partial charge is 0.416 e. The number of sulfonamides is 1. The quantitative estimate of drug-likeness (QED) is 0.162. The molecule has 256 valence electrons. The number of aromatic nitrogens is 3. The van der Waals surface area contributed by atoms with Crippen LogP contribution in [-0.4, -0.2) is 41.0 Å². The number of carbonyl (C=O) groups excluding carboxylic acids is 2. The molecule has 4 aromatic rings. The maximum Gasteiger partial charge on any atom is 0.416 e. The smallest absolute Gasteiger partial charge is 0.350 e. The van der Waals surface area contributed by atoms with Gasteiger partial charge >= 0.3 is 12.4 Å². The van der Waals surface area contributed by atoms with E-state index in [9.17, 15) is 44.3 Å².